The minimum atomic E-state index is -4.19. The Morgan fingerprint density at radius 3 is 2.00 bits per heavy atom. The van der Waals surface area contributed by atoms with Gasteiger partial charge in [-0.1, -0.05) is 0 Å². The number of nitrogens with zero attached hydrogens (tertiary/aromatic N) is 3. The van der Waals surface area contributed by atoms with Gasteiger partial charge >= 0.3 is 0 Å². The molecule has 0 radical (unpaired) electrons. The molecule has 0 aliphatic carbocycles. The second-order valence-electron chi connectivity index (χ2n) is 3.32. The molecular formula is C9H6Br2N4O3S. The molecule has 0 aliphatic rings. The standard InChI is InChI=1S/C9H6Br2N4O3S/c10-7-13-8(11)15-9(14-7)12-5-1-3-6(4-2-5)19(16,17)18/h1-4H,(H,16,17,18)(H,12,13,14,15). The Kier molecular flexibility index (Phi) is 4.13. The Balaban J connectivity index is 2.24. The van der Waals surface area contributed by atoms with Gasteiger partial charge in [-0.2, -0.15) is 23.4 Å². The lowest BCUT2D eigenvalue weighted by molar-refractivity contribution is 0.483. The molecule has 2 N–H and O–H groups in total. The van der Waals surface area contributed by atoms with Crippen LogP contribution in [0.1, 0.15) is 0 Å². The lowest BCUT2D eigenvalue weighted by Crippen LogP contribution is -2.01. The summed E-state index contributed by atoms with van der Waals surface area (Å²) in [6.45, 7) is 0. The molecule has 0 atom stereocenters. The highest BCUT2D eigenvalue weighted by molar-refractivity contribution is 9.11. The number of nitrogens with one attached hydrogen (secondary N) is 1. The summed E-state index contributed by atoms with van der Waals surface area (Å²) in [6, 6.07) is 5.50. The summed E-state index contributed by atoms with van der Waals surface area (Å²) in [5.41, 5.74) is 0.567. The highest BCUT2D eigenvalue weighted by Gasteiger charge is 2.09. The first-order valence-electron chi connectivity index (χ1n) is 4.76. The Labute approximate surface area is 125 Å². The molecule has 1 heterocycles. The fourth-order valence-corrected chi connectivity index (χ4v) is 2.61. The zero-order valence-electron chi connectivity index (χ0n) is 9.08. The number of benzene rings is 1. The fourth-order valence-electron chi connectivity index (χ4n) is 1.22. The van der Waals surface area contributed by atoms with Gasteiger partial charge in [0.2, 0.25) is 15.4 Å². The van der Waals surface area contributed by atoms with Crippen LogP contribution in [0.2, 0.25) is 0 Å². The van der Waals surface area contributed by atoms with E-state index in [9.17, 15) is 8.42 Å². The van der Waals surface area contributed by atoms with Gasteiger partial charge in [-0.25, -0.2) is 0 Å². The van der Waals surface area contributed by atoms with Crippen LogP contribution in [0.5, 0.6) is 0 Å². The molecule has 1 aromatic carbocycles. The summed E-state index contributed by atoms with van der Waals surface area (Å²) in [6.07, 6.45) is 0. The van der Waals surface area contributed by atoms with Crippen molar-refractivity contribution in [1.29, 1.82) is 0 Å². The number of hydrogen-bond acceptors (Lipinski definition) is 6. The number of halogens is 2. The third kappa shape index (κ3) is 3.93. The molecule has 0 unspecified atom stereocenters. The second kappa shape index (κ2) is 5.49. The maximum atomic E-state index is 10.9. The molecule has 0 saturated carbocycles. The average Bonchev–Trinajstić information content (AvgIpc) is 2.26. The fraction of sp³-hybridized carbons (Fsp3) is 0. The summed E-state index contributed by atoms with van der Waals surface area (Å²) in [7, 11) is -4.19. The van der Waals surface area contributed by atoms with Crippen LogP contribution in [-0.2, 0) is 10.1 Å². The van der Waals surface area contributed by atoms with Crippen molar-refractivity contribution in [2.75, 3.05) is 5.32 Å². The molecule has 19 heavy (non-hydrogen) atoms. The van der Waals surface area contributed by atoms with Crippen LogP contribution in [0.3, 0.4) is 0 Å². The third-order valence-electron chi connectivity index (χ3n) is 1.99. The van der Waals surface area contributed by atoms with E-state index in [4.69, 9.17) is 4.55 Å². The molecule has 0 spiro atoms. The molecule has 0 amide bonds. The van der Waals surface area contributed by atoms with Crippen molar-refractivity contribution in [3.63, 3.8) is 0 Å². The van der Waals surface area contributed by atoms with Gasteiger partial charge in [-0.3, -0.25) is 4.55 Å². The molecule has 0 fully saturated rings. The summed E-state index contributed by atoms with van der Waals surface area (Å²) >= 11 is 6.24. The van der Waals surface area contributed by atoms with Crippen LogP contribution in [0.25, 0.3) is 0 Å². The van der Waals surface area contributed by atoms with Crippen molar-refractivity contribution in [2.24, 2.45) is 0 Å². The van der Waals surface area contributed by atoms with Gasteiger partial charge in [0.15, 0.2) is 0 Å². The van der Waals surface area contributed by atoms with E-state index in [0.717, 1.165) is 0 Å². The van der Waals surface area contributed by atoms with Gasteiger partial charge in [0.05, 0.1) is 4.90 Å². The molecule has 10 heteroatoms. The van der Waals surface area contributed by atoms with Crippen molar-refractivity contribution in [3.05, 3.63) is 33.7 Å². The summed E-state index contributed by atoms with van der Waals surface area (Å²) in [5.74, 6) is 0.286. The first-order chi connectivity index (χ1) is 8.84. The van der Waals surface area contributed by atoms with Gasteiger partial charge in [0.1, 0.15) is 0 Å². The normalized spacial score (nSPS) is 11.3. The smallest absolute Gasteiger partial charge is 0.294 e. The highest BCUT2D eigenvalue weighted by atomic mass is 79.9. The quantitative estimate of drug-likeness (QED) is 0.749. The minimum Gasteiger partial charge on any atom is -0.324 e. The molecule has 1 aromatic heterocycles. The van der Waals surface area contributed by atoms with Crippen LogP contribution in [0.15, 0.2) is 38.6 Å². The first-order valence-corrected chi connectivity index (χ1v) is 7.79. The second-order valence-corrected chi connectivity index (χ2v) is 6.16. The largest absolute Gasteiger partial charge is 0.324 e. The van der Waals surface area contributed by atoms with E-state index in [1.54, 1.807) is 0 Å². The molecular weight excluding hydrogens is 404 g/mol. The predicted octanol–water partition coefficient (Wildman–Crippen LogP) is 2.39. The van der Waals surface area contributed by atoms with Crippen LogP contribution < -0.4 is 5.32 Å². The molecule has 2 rings (SSSR count). The zero-order valence-corrected chi connectivity index (χ0v) is 13.1. The van der Waals surface area contributed by atoms with Gasteiger partial charge in [-0.05, 0) is 56.1 Å². The predicted molar refractivity (Wildman–Crippen MR) is 74.8 cm³/mol. The van der Waals surface area contributed by atoms with E-state index in [1.807, 2.05) is 0 Å². The van der Waals surface area contributed by atoms with Gasteiger partial charge in [0.25, 0.3) is 10.1 Å². The number of rotatable bonds is 3. The van der Waals surface area contributed by atoms with Gasteiger partial charge < -0.3 is 5.32 Å². The lowest BCUT2D eigenvalue weighted by atomic mass is 10.3. The summed E-state index contributed by atoms with van der Waals surface area (Å²) in [4.78, 5) is 11.7. The zero-order chi connectivity index (χ0) is 14.0. The molecule has 2 aromatic rings. The molecule has 7 nitrogen and oxygen atoms in total. The lowest BCUT2D eigenvalue weighted by Gasteiger charge is -2.05. The van der Waals surface area contributed by atoms with E-state index in [-0.39, 0.29) is 10.8 Å². The van der Waals surface area contributed by atoms with Gasteiger partial charge in [-0.15, -0.1) is 0 Å². The van der Waals surface area contributed by atoms with E-state index in [1.165, 1.54) is 24.3 Å². The monoisotopic (exact) mass is 408 g/mol. The number of hydrogen-bond donors (Lipinski definition) is 2. The topological polar surface area (TPSA) is 105 Å². The van der Waals surface area contributed by atoms with Crippen molar-refractivity contribution in [2.45, 2.75) is 4.90 Å². The van der Waals surface area contributed by atoms with Crippen LogP contribution in [-0.4, -0.2) is 27.9 Å². The van der Waals surface area contributed by atoms with Crippen molar-refractivity contribution >= 4 is 53.6 Å². The van der Waals surface area contributed by atoms with E-state index in [2.05, 4.69) is 52.1 Å². The Morgan fingerprint density at radius 2 is 1.53 bits per heavy atom. The van der Waals surface area contributed by atoms with Crippen LogP contribution >= 0.6 is 31.9 Å². The van der Waals surface area contributed by atoms with E-state index < -0.39 is 10.1 Å². The number of aromatic nitrogens is 3. The molecule has 100 valence electrons. The Morgan fingerprint density at radius 1 is 1.00 bits per heavy atom. The summed E-state index contributed by atoms with van der Waals surface area (Å²) in [5, 5.41) is 2.87. The van der Waals surface area contributed by atoms with Crippen molar-refractivity contribution in [1.82, 2.24) is 15.0 Å². The average molecular weight is 410 g/mol. The first kappa shape index (κ1) is 14.3. The van der Waals surface area contributed by atoms with Crippen molar-refractivity contribution in [3.8, 4) is 0 Å². The van der Waals surface area contributed by atoms with Crippen LogP contribution in [0.4, 0.5) is 11.6 Å². The molecule has 0 aliphatic heterocycles. The molecule has 0 bridgehead atoms. The number of anilines is 2. The van der Waals surface area contributed by atoms with E-state index >= 15 is 0 Å². The Hall–Kier alpha value is -1.10. The summed E-state index contributed by atoms with van der Waals surface area (Å²) < 4.78 is 31.3. The maximum absolute atomic E-state index is 10.9. The SMILES string of the molecule is O=S(=O)(O)c1ccc(Nc2nc(Br)nc(Br)n2)cc1. The highest BCUT2D eigenvalue weighted by Crippen LogP contribution is 2.18. The van der Waals surface area contributed by atoms with Gasteiger partial charge in [0, 0.05) is 5.69 Å². The minimum absolute atomic E-state index is 0.184. The van der Waals surface area contributed by atoms with E-state index in [0.29, 0.717) is 15.2 Å². The molecule has 0 saturated heterocycles. The maximum Gasteiger partial charge on any atom is 0.294 e. The van der Waals surface area contributed by atoms with Crippen molar-refractivity contribution < 1.29 is 13.0 Å². The Bertz CT molecular complexity index is 686. The van der Waals surface area contributed by atoms with Crippen LogP contribution in [0, 0.1) is 0 Å². The third-order valence-corrected chi connectivity index (χ3v) is 3.57.